The van der Waals surface area contributed by atoms with E-state index < -0.39 is 97.5 Å². The average molecular weight is 1400 g/mol. The summed E-state index contributed by atoms with van der Waals surface area (Å²) in [6.45, 7) is 4.70. The van der Waals surface area contributed by atoms with Gasteiger partial charge in [-0.25, -0.2) is 9.13 Å². The minimum atomic E-state index is -4.98. The van der Waals surface area contributed by atoms with Crippen LogP contribution in [-0.2, 0) is 65.4 Å². The summed E-state index contributed by atoms with van der Waals surface area (Å²) < 4.78 is 68.4. The summed E-state index contributed by atoms with van der Waals surface area (Å²) >= 11 is 0. The Morgan fingerprint density at radius 3 is 0.844 bits per heavy atom. The first-order valence-electron chi connectivity index (χ1n) is 37.8. The number of phosphoric acid groups is 2. The fourth-order valence-electron chi connectivity index (χ4n) is 9.96. The Labute approximate surface area is 583 Å². The van der Waals surface area contributed by atoms with Crippen LogP contribution in [0.4, 0.5) is 0 Å². The number of ether oxygens (including phenoxy) is 4. The molecule has 0 spiro atoms. The van der Waals surface area contributed by atoms with Gasteiger partial charge in [0, 0.05) is 25.7 Å². The van der Waals surface area contributed by atoms with Crippen LogP contribution in [0.15, 0.2) is 85.1 Å². The maximum absolute atomic E-state index is 13.1. The second kappa shape index (κ2) is 69.7. The van der Waals surface area contributed by atoms with E-state index in [1.165, 1.54) is 64.2 Å². The molecular weight excluding hydrogens is 1260 g/mol. The SMILES string of the molecule is CCC/C=C\C/C=C\CCCCCCCC(=O)OCC(COP(=O)(O)OCC(O)COP(=O)(O)OCC(COC(=O)CCCCCCC/C=C\C/C=C\CCCCC)OC(=O)CCCCCCC/C=C\C/C=C\CCCCC)OC(=O)CCCCCCC/C=C\CCCCCC. The third-order valence-corrected chi connectivity index (χ3v) is 17.7. The Morgan fingerprint density at radius 2 is 0.531 bits per heavy atom. The van der Waals surface area contributed by atoms with Crippen LogP contribution >= 0.6 is 15.6 Å². The van der Waals surface area contributed by atoms with Crippen LogP contribution in [0.5, 0.6) is 0 Å². The van der Waals surface area contributed by atoms with Crippen molar-refractivity contribution in [2.45, 2.75) is 341 Å². The Morgan fingerprint density at radius 1 is 0.292 bits per heavy atom. The van der Waals surface area contributed by atoms with Gasteiger partial charge in [0.2, 0.25) is 0 Å². The molecule has 5 unspecified atom stereocenters. The number of rotatable bonds is 71. The van der Waals surface area contributed by atoms with E-state index in [9.17, 15) is 43.2 Å². The topological polar surface area (TPSA) is 237 Å². The minimum Gasteiger partial charge on any atom is -0.462 e. The zero-order chi connectivity index (χ0) is 70.4. The van der Waals surface area contributed by atoms with Gasteiger partial charge in [-0.2, -0.15) is 0 Å². The normalized spacial score (nSPS) is 14.4. The lowest BCUT2D eigenvalue weighted by Crippen LogP contribution is -2.30. The predicted molar refractivity (Wildman–Crippen MR) is 390 cm³/mol. The molecule has 0 fully saturated rings. The number of phosphoric ester groups is 2. The maximum Gasteiger partial charge on any atom is 0.472 e. The van der Waals surface area contributed by atoms with E-state index in [-0.39, 0.29) is 25.7 Å². The number of allylic oxidation sites excluding steroid dienone is 14. The highest BCUT2D eigenvalue weighted by molar-refractivity contribution is 7.47. The van der Waals surface area contributed by atoms with Gasteiger partial charge in [0.25, 0.3) is 0 Å². The van der Waals surface area contributed by atoms with E-state index in [2.05, 4.69) is 113 Å². The molecule has 0 bridgehead atoms. The van der Waals surface area contributed by atoms with Crippen molar-refractivity contribution < 1.29 is 80.2 Å². The molecule has 3 N–H and O–H groups in total. The molecule has 0 aliphatic heterocycles. The van der Waals surface area contributed by atoms with E-state index in [0.29, 0.717) is 25.7 Å². The Hall–Kier alpha value is -3.76. The van der Waals surface area contributed by atoms with Crippen LogP contribution in [0, 0.1) is 0 Å². The molecule has 96 heavy (non-hydrogen) atoms. The van der Waals surface area contributed by atoms with Crippen molar-refractivity contribution in [3.63, 3.8) is 0 Å². The first kappa shape index (κ1) is 92.2. The van der Waals surface area contributed by atoms with Crippen LogP contribution in [0.3, 0.4) is 0 Å². The molecule has 0 aromatic rings. The van der Waals surface area contributed by atoms with Crippen LogP contribution < -0.4 is 0 Å². The quantitative estimate of drug-likeness (QED) is 0.0169. The van der Waals surface area contributed by atoms with E-state index >= 15 is 0 Å². The largest absolute Gasteiger partial charge is 0.472 e. The van der Waals surface area contributed by atoms with E-state index in [4.69, 9.17) is 37.0 Å². The molecule has 0 saturated heterocycles. The zero-order valence-corrected chi connectivity index (χ0v) is 62.3. The Balaban J connectivity index is 5.37. The molecule has 5 atom stereocenters. The summed E-state index contributed by atoms with van der Waals surface area (Å²) in [5, 5.41) is 10.6. The minimum absolute atomic E-state index is 0.0767. The molecule has 0 aromatic heterocycles. The van der Waals surface area contributed by atoms with Crippen molar-refractivity contribution >= 4 is 39.5 Å². The highest BCUT2D eigenvalue weighted by Crippen LogP contribution is 2.45. The lowest BCUT2D eigenvalue weighted by molar-refractivity contribution is -0.161. The Bertz CT molecular complexity index is 2160. The van der Waals surface area contributed by atoms with Gasteiger partial charge in [0.05, 0.1) is 26.4 Å². The number of hydrogen-bond acceptors (Lipinski definition) is 15. The monoisotopic (exact) mass is 1390 g/mol. The van der Waals surface area contributed by atoms with E-state index in [1.54, 1.807) is 0 Å². The number of carbonyl (C=O) groups is 4. The van der Waals surface area contributed by atoms with Crippen LogP contribution in [0.25, 0.3) is 0 Å². The fraction of sp³-hybridized carbons (Fsp3) is 0.766. The Kier molecular flexibility index (Phi) is 67.0. The summed E-state index contributed by atoms with van der Waals surface area (Å²) in [4.78, 5) is 72.8. The second-order valence-corrected chi connectivity index (χ2v) is 28.1. The van der Waals surface area contributed by atoms with Crippen molar-refractivity contribution in [1.29, 1.82) is 0 Å². The van der Waals surface area contributed by atoms with E-state index in [0.717, 1.165) is 180 Å². The van der Waals surface area contributed by atoms with E-state index in [1.807, 2.05) is 0 Å². The number of unbranched alkanes of at least 4 members (excludes halogenated alkanes) is 31. The average Bonchev–Trinajstić information content (AvgIpc) is 1.17. The van der Waals surface area contributed by atoms with Gasteiger partial charge in [-0.05, 0) is 141 Å². The number of aliphatic hydroxyl groups is 1. The first-order chi connectivity index (χ1) is 46.7. The van der Waals surface area contributed by atoms with Crippen LogP contribution in [-0.4, -0.2) is 96.7 Å². The smallest absolute Gasteiger partial charge is 0.462 e. The van der Waals surface area contributed by atoms with Crippen LogP contribution in [0.1, 0.15) is 323 Å². The highest BCUT2D eigenvalue weighted by Gasteiger charge is 2.30. The summed E-state index contributed by atoms with van der Waals surface area (Å²) in [6.07, 6.45) is 70.0. The number of hydrogen-bond donors (Lipinski definition) is 3. The molecule has 0 aliphatic rings. The van der Waals surface area contributed by atoms with Gasteiger partial charge < -0.3 is 33.8 Å². The van der Waals surface area contributed by atoms with Crippen LogP contribution in [0.2, 0.25) is 0 Å². The standard InChI is InChI=1S/C77H136O17P2/c1-5-9-13-17-21-25-29-33-35-39-42-46-50-54-58-62-75(80)88-68-73(94-77(82)64-60-56-52-48-44-40-36-34-30-26-22-18-14-10-6-2)70-92-96(85,86)90-66-71(78)65-89-95(83,84)91-69-72(93-76(81)63-59-55-51-47-43-38-32-28-24-20-16-12-8-4)67-87-74(79)61-57-53-49-45-41-37-31-27-23-19-15-11-7-3/h15,19,21-22,25-28,31-36,71-73,78H,5-14,16-18,20,23-24,29-30,37-70H2,1-4H3,(H,83,84)(H,85,86)/b19-15-,25-21-,26-22-,31-27-,32-28-,35-33-,36-34-. The lowest BCUT2D eigenvalue weighted by Gasteiger charge is -2.21. The third-order valence-electron chi connectivity index (χ3n) is 15.8. The molecular formula is C77H136O17P2. The van der Waals surface area contributed by atoms with Gasteiger partial charge in [0.1, 0.15) is 19.3 Å². The summed E-state index contributed by atoms with van der Waals surface area (Å²) in [5.41, 5.74) is 0. The molecule has 0 saturated carbocycles. The number of esters is 4. The molecule has 0 radical (unpaired) electrons. The summed E-state index contributed by atoms with van der Waals surface area (Å²) in [5.74, 6) is -2.22. The maximum atomic E-state index is 13.1. The molecule has 19 heteroatoms. The molecule has 0 heterocycles. The molecule has 556 valence electrons. The first-order valence-corrected chi connectivity index (χ1v) is 40.8. The highest BCUT2D eigenvalue weighted by atomic mass is 31.2. The number of aliphatic hydroxyl groups excluding tert-OH is 1. The van der Waals surface area contributed by atoms with Crippen molar-refractivity contribution in [2.75, 3.05) is 39.6 Å². The number of carbonyl (C=O) groups excluding carboxylic acids is 4. The predicted octanol–water partition coefficient (Wildman–Crippen LogP) is 21.4. The van der Waals surface area contributed by atoms with Gasteiger partial charge in [-0.3, -0.25) is 37.3 Å². The summed E-state index contributed by atoms with van der Waals surface area (Å²) in [6, 6.07) is 0. The molecule has 0 aliphatic carbocycles. The zero-order valence-electron chi connectivity index (χ0n) is 60.5. The van der Waals surface area contributed by atoms with Gasteiger partial charge in [-0.1, -0.05) is 241 Å². The van der Waals surface area contributed by atoms with Crippen molar-refractivity contribution in [2.24, 2.45) is 0 Å². The van der Waals surface area contributed by atoms with Gasteiger partial charge >= 0.3 is 39.5 Å². The molecule has 17 nitrogen and oxygen atoms in total. The van der Waals surface area contributed by atoms with Crippen molar-refractivity contribution in [3.05, 3.63) is 85.1 Å². The fourth-order valence-corrected chi connectivity index (χ4v) is 11.5. The van der Waals surface area contributed by atoms with Gasteiger partial charge in [-0.15, -0.1) is 0 Å². The van der Waals surface area contributed by atoms with Crippen molar-refractivity contribution in [3.8, 4) is 0 Å². The third kappa shape index (κ3) is 68.8. The van der Waals surface area contributed by atoms with Gasteiger partial charge in [0.15, 0.2) is 12.2 Å². The molecule has 0 rings (SSSR count). The molecule has 0 amide bonds. The van der Waals surface area contributed by atoms with Crippen molar-refractivity contribution in [1.82, 2.24) is 0 Å². The lowest BCUT2D eigenvalue weighted by atomic mass is 10.1. The second-order valence-electron chi connectivity index (χ2n) is 25.2. The molecule has 0 aromatic carbocycles. The summed E-state index contributed by atoms with van der Waals surface area (Å²) in [7, 11) is -9.95.